The molecule has 0 aliphatic carbocycles. The first-order chi connectivity index (χ1) is 17.1. The monoisotopic (exact) mass is 466 g/mol. The molecule has 0 unspecified atom stereocenters. The summed E-state index contributed by atoms with van der Waals surface area (Å²) in [6.07, 6.45) is 10.2. The largest absolute Gasteiger partial charge is 0.494 e. The van der Waals surface area contributed by atoms with Gasteiger partial charge in [0.2, 0.25) is 5.88 Å². The second-order valence-electron chi connectivity index (χ2n) is 8.55. The molecule has 1 fully saturated rings. The van der Waals surface area contributed by atoms with Crippen molar-refractivity contribution in [2.75, 3.05) is 38.1 Å². The number of aromatic nitrogens is 3. The van der Waals surface area contributed by atoms with Crippen LogP contribution in [-0.2, 0) is 0 Å². The molecule has 0 atom stereocenters. The average molecular weight is 467 g/mol. The summed E-state index contributed by atoms with van der Waals surface area (Å²) >= 11 is 0. The molecule has 4 aromatic rings. The van der Waals surface area contributed by atoms with E-state index in [9.17, 15) is 9.90 Å². The van der Waals surface area contributed by atoms with E-state index in [1.165, 1.54) is 5.69 Å². The van der Waals surface area contributed by atoms with Crippen LogP contribution in [0.1, 0.15) is 16.8 Å². The van der Waals surface area contributed by atoms with E-state index in [1.807, 2.05) is 36.4 Å². The Morgan fingerprint density at radius 3 is 2.54 bits per heavy atom. The van der Waals surface area contributed by atoms with Crippen LogP contribution in [0.25, 0.3) is 22.9 Å². The van der Waals surface area contributed by atoms with Crippen LogP contribution in [0.4, 0.5) is 11.4 Å². The lowest BCUT2D eigenvalue weighted by atomic mass is 10.0. The molecule has 176 valence electrons. The van der Waals surface area contributed by atoms with Crippen LogP contribution < -0.4 is 10.5 Å². The lowest BCUT2D eigenvalue weighted by Crippen LogP contribution is -2.44. The van der Waals surface area contributed by atoms with Crippen LogP contribution in [0.15, 0.2) is 70.8 Å². The molecule has 0 spiro atoms. The maximum absolute atomic E-state index is 12.4. The highest BCUT2D eigenvalue weighted by molar-refractivity contribution is 6.02. The number of anilines is 1. The van der Waals surface area contributed by atoms with Crippen LogP contribution in [0.2, 0.25) is 0 Å². The topological polar surface area (TPSA) is 97.7 Å². The summed E-state index contributed by atoms with van der Waals surface area (Å²) in [5, 5.41) is 11.6. The quantitative estimate of drug-likeness (QED) is 0.436. The van der Waals surface area contributed by atoms with Gasteiger partial charge in [0.15, 0.2) is 0 Å². The molecule has 1 aliphatic rings. The van der Waals surface area contributed by atoms with Crippen LogP contribution in [0.3, 0.4) is 0 Å². The number of piperazine rings is 1. The number of fused-ring (bicyclic) bond motifs is 1. The zero-order valence-corrected chi connectivity index (χ0v) is 19.4. The third-order valence-corrected chi connectivity index (χ3v) is 6.16. The Morgan fingerprint density at radius 2 is 1.80 bits per heavy atom. The minimum Gasteiger partial charge on any atom is -0.494 e. The maximum Gasteiger partial charge on any atom is 0.258 e. The number of aromatic amines is 1. The highest BCUT2D eigenvalue weighted by Gasteiger charge is 2.14. The standard InChI is InChI=1S/C27H26N6O2/c1-32-12-14-33(15-13-32)22-7-5-20(6-8-22)30-18-25-24-16-19(2-4-21-17-28-10-11-29-21)3-9-23(24)26(34)31-27(25)35/h2-11,16-18H,12-15H2,1H3,(H2,31,34,35). The van der Waals surface area contributed by atoms with Crippen LogP contribution in [0, 0.1) is 0 Å². The lowest BCUT2D eigenvalue weighted by molar-refractivity contribution is 0.313. The van der Waals surface area contributed by atoms with Crippen molar-refractivity contribution in [1.82, 2.24) is 19.9 Å². The third kappa shape index (κ3) is 5.12. The third-order valence-electron chi connectivity index (χ3n) is 6.16. The second kappa shape index (κ2) is 9.90. The number of aliphatic imine (C=N–C) groups is 1. The van der Waals surface area contributed by atoms with Gasteiger partial charge >= 0.3 is 0 Å². The molecule has 35 heavy (non-hydrogen) atoms. The van der Waals surface area contributed by atoms with Gasteiger partial charge in [-0.2, -0.15) is 0 Å². The summed E-state index contributed by atoms with van der Waals surface area (Å²) < 4.78 is 0. The Kier molecular flexibility index (Phi) is 6.36. The van der Waals surface area contributed by atoms with E-state index >= 15 is 0 Å². The van der Waals surface area contributed by atoms with Gasteiger partial charge in [0.25, 0.3) is 5.56 Å². The number of pyridine rings is 1. The minimum absolute atomic E-state index is 0.213. The number of H-pyrrole nitrogens is 1. The van der Waals surface area contributed by atoms with Gasteiger partial charge in [0.1, 0.15) is 0 Å². The number of likely N-dealkylation sites (N-methyl/N-ethyl adjacent to an activating group) is 1. The molecule has 2 aromatic heterocycles. The normalized spacial score (nSPS) is 14.9. The van der Waals surface area contributed by atoms with E-state index < -0.39 is 0 Å². The van der Waals surface area contributed by atoms with E-state index in [1.54, 1.807) is 30.9 Å². The fourth-order valence-electron chi connectivity index (χ4n) is 4.12. The highest BCUT2D eigenvalue weighted by atomic mass is 16.3. The predicted octanol–water partition coefficient (Wildman–Crippen LogP) is 3.70. The molecule has 0 amide bonds. The van der Waals surface area contributed by atoms with Crippen molar-refractivity contribution >= 4 is 40.5 Å². The SMILES string of the molecule is CN1CCN(c2ccc(N=Cc3c(O)[nH]c(=O)c4ccc(C=Cc5cnccn5)cc34)cc2)CC1. The summed E-state index contributed by atoms with van der Waals surface area (Å²) in [5.74, 6) is -0.213. The first kappa shape index (κ1) is 22.5. The Morgan fingerprint density at radius 1 is 1.00 bits per heavy atom. The number of benzene rings is 2. The fourth-order valence-corrected chi connectivity index (χ4v) is 4.12. The van der Waals surface area contributed by atoms with E-state index in [-0.39, 0.29) is 11.4 Å². The minimum atomic E-state index is -0.351. The van der Waals surface area contributed by atoms with Crippen LogP contribution in [0.5, 0.6) is 5.88 Å². The molecule has 8 nitrogen and oxygen atoms in total. The van der Waals surface area contributed by atoms with Gasteiger partial charge in [-0.3, -0.25) is 24.7 Å². The summed E-state index contributed by atoms with van der Waals surface area (Å²) in [5.41, 5.74) is 3.63. The average Bonchev–Trinajstić information content (AvgIpc) is 2.89. The molecule has 3 heterocycles. The van der Waals surface area contributed by atoms with Crippen LogP contribution >= 0.6 is 0 Å². The predicted molar refractivity (Wildman–Crippen MR) is 141 cm³/mol. The van der Waals surface area contributed by atoms with Crippen molar-refractivity contribution in [1.29, 1.82) is 0 Å². The smallest absolute Gasteiger partial charge is 0.258 e. The zero-order chi connectivity index (χ0) is 24.2. The zero-order valence-electron chi connectivity index (χ0n) is 19.4. The molecule has 0 saturated carbocycles. The summed E-state index contributed by atoms with van der Waals surface area (Å²) in [4.78, 5) is 32.5. The fraction of sp³-hybridized carbons (Fsp3) is 0.185. The number of nitrogens with zero attached hydrogens (tertiary/aromatic N) is 5. The number of aromatic hydroxyl groups is 1. The van der Waals surface area contributed by atoms with Crippen molar-refractivity contribution in [3.63, 3.8) is 0 Å². The first-order valence-corrected chi connectivity index (χ1v) is 11.5. The molecular weight excluding hydrogens is 440 g/mol. The Hall–Kier alpha value is -4.30. The lowest BCUT2D eigenvalue weighted by Gasteiger charge is -2.34. The molecule has 1 saturated heterocycles. The molecule has 5 rings (SSSR count). The van der Waals surface area contributed by atoms with Gasteiger partial charge in [-0.05, 0) is 55.1 Å². The van der Waals surface area contributed by atoms with Crippen LogP contribution in [-0.4, -0.2) is 64.4 Å². The molecule has 0 radical (unpaired) electrons. The van der Waals surface area contributed by atoms with Crippen molar-refractivity contribution in [3.8, 4) is 5.88 Å². The number of rotatable bonds is 5. The van der Waals surface area contributed by atoms with E-state index in [0.29, 0.717) is 16.3 Å². The van der Waals surface area contributed by atoms with Gasteiger partial charge in [0, 0.05) is 61.2 Å². The van der Waals surface area contributed by atoms with Gasteiger partial charge in [0.05, 0.1) is 23.1 Å². The molecule has 2 N–H and O–H groups in total. The molecule has 0 bridgehead atoms. The van der Waals surface area contributed by atoms with E-state index in [4.69, 9.17) is 0 Å². The van der Waals surface area contributed by atoms with Crippen molar-refractivity contribution in [2.24, 2.45) is 4.99 Å². The number of hydrogen-bond donors (Lipinski definition) is 2. The van der Waals surface area contributed by atoms with Gasteiger partial charge in [-0.15, -0.1) is 0 Å². The maximum atomic E-state index is 12.4. The van der Waals surface area contributed by atoms with Crippen molar-refractivity contribution in [2.45, 2.75) is 0 Å². The molecule has 1 aliphatic heterocycles. The number of nitrogens with one attached hydrogen (secondary N) is 1. The summed E-state index contributed by atoms with van der Waals surface area (Å²) in [7, 11) is 2.14. The summed E-state index contributed by atoms with van der Waals surface area (Å²) in [6, 6.07) is 13.5. The molecule has 8 heteroatoms. The van der Waals surface area contributed by atoms with Crippen molar-refractivity contribution < 1.29 is 5.11 Å². The summed E-state index contributed by atoms with van der Waals surface area (Å²) in [6.45, 7) is 4.11. The van der Waals surface area contributed by atoms with Gasteiger partial charge in [-0.1, -0.05) is 12.1 Å². The van der Waals surface area contributed by atoms with Crippen molar-refractivity contribution in [3.05, 3.63) is 88.2 Å². The van der Waals surface area contributed by atoms with E-state index in [0.717, 1.165) is 43.1 Å². The molecular formula is C27H26N6O2. The number of hydrogen-bond acceptors (Lipinski definition) is 7. The van der Waals surface area contributed by atoms with Gasteiger partial charge < -0.3 is 14.9 Å². The second-order valence-corrected chi connectivity index (χ2v) is 8.55. The Balaban J connectivity index is 1.43. The first-order valence-electron chi connectivity index (χ1n) is 11.5. The van der Waals surface area contributed by atoms with E-state index in [2.05, 4.69) is 48.9 Å². The van der Waals surface area contributed by atoms with Gasteiger partial charge in [-0.25, -0.2) is 0 Å². The molecule has 2 aromatic carbocycles. The Labute approximate surface area is 202 Å². The highest BCUT2D eigenvalue weighted by Crippen LogP contribution is 2.25. The Bertz CT molecular complexity index is 1440.